The van der Waals surface area contributed by atoms with Gasteiger partial charge >= 0.3 is 6.09 Å². The number of para-hydroxylation sites is 1. The van der Waals surface area contributed by atoms with Gasteiger partial charge in [0.25, 0.3) is 0 Å². The number of carbonyl (C=O) groups is 1. The van der Waals surface area contributed by atoms with Gasteiger partial charge in [-0.2, -0.15) is 0 Å². The van der Waals surface area contributed by atoms with Crippen molar-refractivity contribution in [3.05, 3.63) is 65.7 Å². The van der Waals surface area contributed by atoms with Crippen LogP contribution in [0.25, 0.3) is 0 Å². The van der Waals surface area contributed by atoms with E-state index < -0.39 is 0 Å². The molecule has 0 unspecified atom stereocenters. The number of hydrogen-bond acceptors (Lipinski definition) is 3. The maximum Gasteiger partial charge on any atom is 0.415 e. The highest BCUT2D eigenvalue weighted by Gasteiger charge is 2.22. The first kappa shape index (κ1) is 15.6. The zero-order valence-electron chi connectivity index (χ0n) is 13.4. The van der Waals surface area contributed by atoms with E-state index in [1.165, 1.54) is 11.1 Å². The normalized spacial score (nSPS) is 15.4. The van der Waals surface area contributed by atoms with Crippen LogP contribution in [-0.2, 0) is 6.54 Å². The molecule has 0 aliphatic carbocycles. The summed E-state index contributed by atoms with van der Waals surface area (Å²) in [6, 6.07) is 17.8. The SMILES string of the molecule is Cc1cccc(CN2CCN(C(=O)Oc3ccccc3)CC2)c1. The van der Waals surface area contributed by atoms with Crippen LogP contribution < -0.4 is 4.74 Å². The van der Waals surface area contributed by atoms with Gasteiger partial charge in [-0.25, -0.2) is 4.79 Å². The monoisotopic (exact) mass is 310 g/mol. The van der Waals surface area contributed by atoms with Crippen molar-refractivity contribution in [2.45, 2.75) is 13.5 Å². The summed E-state index contributed by atoms with van der Waals surface area (Å²) in [5.41, 5.74) is 2.61. The fraction of sp³-hybridized carbons (Fsp3) is 0.316. The molecule has 2 aromatic carbocycles. The lowest BCUT2D eigenvalue weighted by Crippen LogP contribution is -2.49. The molecule has 4 heteroatoms. The third-order valence-corrected chi connectivity index (χ3v) is 4.07. The Bertz CT molecular complexity index is 649. The minimum Gasteiger partial charge on any atom is -0.410 e. The standard InChI is InChI=1S/C19H22N2O2/c1-16-6-5-7-17(14-16)15-20-10-12-21(13-11-20)19(22)23-18-8-3-2-4-9-18/h2-9,14H,10-13,15H2,1H3. The number of carbonyl (C=O) groups excluding carboxylic acids is 1. The van der Waals surface area contributed by atoms with E-state index in [4.69, 9.17) is 4.74 Å². The number of rotatable bonds is 3. The summed E-state index contributed by atoms with van der Waals surface area (Å²) in [6.07, 6.45) is -0.258. The van der Waals surface area contributed by atoms with Crippen LogP contribution in [0.3, 0.4) is 0 Å². The summed E-state index contributed by atoms with van der Waals surface area (Å²) in [7, 11) is 0. The van der Waals surface area contributed by atoms with E-state index in [0.717, 1.165) is 19.6 Å². The molecule has 1 heterocycles. The molecule has 1 aliphatic rings. The van der Waals surface area contributed by atoms with Crippen LogP contribution >= 0.6 is 0 Å². The Labute approximate surface area is 137 Å². The smallest absolute Gasteiger partial charge is 0.410 e. The van der Waals surface area contributed by atoms with Gasteiger partial charge in [0, 0.05) is 32.7 Å². The van der Waals surface area contributed by atoms with Crippen molar-refractivity contribution in [1.82, 2.24) is 9.80 Å². The Morgan fingerprint density at radius 1 is 1.00 bits per heavy atom. The Kier molecular flexibility index (Phi) is 4.93. The highest BCUT2D eigenvalue weighted by atomic mass is 16.6. The zero-order chi connectivity index (χ0) is 16.1. The maximum atomic E-state index is 12.2. The first-order chi connectivity index (χ1) is 11.2. The van der Waals surface area contributed by atoms with Gasteiger partial charge < -0.3 is 9.64 Å². The third kappa shape index (κ3) is 4.33. The number of piperazine rings is 1. The van der Waals surface area contributed by atoms with Gasteiger partial charge in [0.15, 0.2) is 0 Å². The lowest BCUT2D eigenvalue weighted by molar-refractivity contribution is 0.108. The van der Waals surface area contributed by atoms with E-state index in [-0.39, 0.29) is 6.09 Å². The molecule has 0 aromatic heterocycles. The van der Waals surface area contributed by atoms with Crippen LogP contribution in [0, 0.1) is 6.92 Å². The van der Waals surface area contributed by atoms with E-state index in [9.17, 15) is 4.79 Å². The summed E-state index contributed by atoms with van der Waals surface area (Å²) < 4.78 is 5.39. The Morgan fingerprint density at radius 3 is 2.43 bits per heavy atom. The zero-order valence-corrected chi connectivity index (χ0v) is 13.4. The first-order valence-electron chi connectivity index (χ1n) is 8.00. The molecule has 0 spiro atoms. The quantitative estimate of drug-likeness (QED) is 0.872. The van der Waals surface area contributed by atoms with Crippen molar-refractivity contribution in [3.63, 3.8) is 0 Å². The van der Waals surface area contributed by atoms with Gasteiger partial charge in [0.1, 0.15) is 5.75 Å². The molecule has 3 rings (SSSR count). The number of amides is 1. The molecule has 1 saturated heterocycles. The van der Waals surface area contributed by atoms with Crippen LogP contribution in [0.5, 0.6) is 5.75 Å². The molecular formula is C19H22N2O2. The Balaban J connectivity index is 1.49. The molecule has 0 N–H and O–H groups in total. The van der Waals surface area contributed by atoms with E-state index in [1.54, 1.807) is 17.0 Å². The molecule has 1 fully saturated rings. The summed E-state index contributed by atoms with van der Waals surface area (Å²) in [5.74, 6) is 0.597. The molecule has 0 saturated carbocycles. The van der Waals surface area contributed by atoms with Gasteiger partial charge in [-0.1, -0.05) is 48.0 Å². The lowest BCUT2D eigenvalue weighted by Gasteiger charge is -2.34. The average molecular weight is 310 g/mol. The summed E-state index contributed by atoms with van der Waals surface area (Å²) in [4.78, 5) is 16.3. The minimum atomic E-state index is -0.258. The van der Waals surface area contributed by atoms with Gasteiger partial charge in [-0.3, -0.25) is 4.90 Å². The van der Waals surface area contributed by atoms with Crippen molar-refractivity contribution in [2.24, 2.45) is 0 Å². The van der Waals surface area contributed by atoms with Gasteiger partial charge in [-0.05, 0) is 24.6 Å². The molecule has 2 aromatic rings. The predicted octanol–water partition coefficient (Wildman–Crippen LogP) is 3.31. The topological polar surface area (TPSA) is 32.8 Å². The minimum absolute atomic E-state index is 0.258. The average Bonchev–Trinajstić information content (AvgIpc) is 2.56. The number of hydrogen-bond donors (Lipinski definition) is 0. The number of aryl methyl sites for hydroxylation is 1. The second-order valence-corrected chi connectivity index (χ2v) is 5.93. The largest absolute Gasteiger partial charge is 0.415 e. The highest BCUT2D eigenvalue weighted by Crippen LogP contribution is 2.13. The Hall–Kier alpha value is -2.33. The van der Waals surface area contributed by atoms with Gasteiger partial charge in [0.2, 0.25) is 0 Å². The fourth-order valence-corrected chi connectivity index (χ4v) is 2.81. The van der Waals surface area contributed by atoms with E-state index >= 15 is 0 Å². The molecule has 0 atom stereocenters. The van der Waals surface area contributed by atoms with Crippen molar-refractivity contribution in [1.29, 1.82) is 0 Å². The lowest BCUT2D eigenvalue weighted by atomic mass is 10.1. The van der Waals surface area contributed by atoms with Crippen molar-refractivity contribution in [2.75, 3.05) is 26.2 Å². The fourth-order valence-electron chi connectivity index (χ4n) is 2.81. The van der Waals surface area contributed by atoms with Crippen LogP contribution in [0.15, 0.2) is 54.6 Å². The first-order valence-corrected chi connectivity index (χ1v) is 8.00. The number of benzene rings is 2. The number of nitrogens with zero attached hydrogens (tertiary/aromatic N) is 2. The molecule has 0 bridgehead atoms. The summed E-state index contributed by atoms with van der Waals surface area (Å²) in [6.45, 7) is 6.20. The van der Waals surface area contributed by atoms with E-state index in [2.05, 4.69) is 36.1 Å². The van der Waals surface area contributed by atoms with E-state index in [0.29, 0.717) is 18.8 Å². The second-order valence-electron chi connectivity index (χ2n) is 5.93. The third-order valence-electron chi connectivity index (χ3n) is 4.07. The van der Waals surface area contributed by atoms with Gasteiger partial charge in [0.05, 0.1) is 0 Å². The van der Waals surface area contributed by atoms with Crippen molar-refractivity contribution >= 4 is 6.09 Å². The van der Waals surface area contributed by atoms with Crippen LogP contribution in [0.1, 0.15) is 11.1 Å². The van der Waals surface area contributed by atoms with Crippen LogP contribution in [0.2, 0.25) is 0 Å². The van der Waals surface area contributed by atoms with E-state index in [1.807, 2.05) is 18.2 Å². The molecule has 1 amide bonds. The molecule has 1 aliphatic heterocycles. The summed E-state index contributed by atoms with van der Waals surface area (Å²) >= 11 is 0. The molecular weight excluding hydrogens is 288 g/mol. The Morgan fingerprint density at radius 2 is 1.74 bits per heavy atom. The predicted molar refractivity (Wildman–Crippen MR) is 90.5 cm³/mol. The van der Waals surface area contributed by atoms with Crippen LogP contribution in [-0.4, -0.2) is 42.1 Å². The van der Waals surface area contributed by atoms with Crippen LogP contribution in [0.4, 0.5) is 4.79 Å². The molecule has 120 valence electrons. The van der Waals surface area contributed by atoms with Gasteiger partial charge in [-0.15, -0.1) is 0 Å². The van der Waals surface area contributed by atoms with Crippen molar-refractivity contribution < 1.29 is 9.53 Å². The molecule has 0 radical (unpaired) electrons. The molecule has 4 nitrogen and oxygen atoms in total. The number of ether oxygens (including phenoxy) is 1. The highest BCUT2D eigenvalue weighted by molar-refractivity contribution is 5.70. The molecule has 23 heavy (non-hydrogen) atoms. The maximum absolute atomic E-state index is 12.2. The summed E-state index contributed by atoms with van der Waals surface area (Å²) in [5, 5.41) is 0. The second kappa shape index (κ2) is 7.29. The van der Waals surface area contributed by atoms with Crippen molar-refractivity contribution in [3.8, 4) is 5.75 Å².